The Kier molecular flexibility index (Phi) is 6.62. The summed E-state index contributed by atoms with van der Waals surface area (Å²) in [5, 5.41) is 12.1. The monoisotopic (exact) mass is 672 g/mol. The predicted octanol–water partition coefficient (Wildman–Crippen LogP) is 14.9. The predicted molar refractivity (Wildman–Crippen MR) is 225 cm³/mol. The van der Waals surface area contributed by atoms with Gasteiger partial charge < -0.3 is 4.42 Å². The number of fused-ring (bicyclic) bond motifs is 8. The molecule has 0 saturated carbocycles. The highest BCUT2D eigenvalue weighted by molar-refractivity contribution is 6.26. The second kappa shape index (κ2) is 11.8. The number of para-hydroxylation sites is 1. The molecule has 0 aliphatic heterocycles. The maximum absolute atomic E-state index is 6.78. The fraction of sp³-hybridized carbons (Fsp3) is 0. The summed E-state index contributed by atoms with van der Waals surface area (Å²) in [6, 6.07) is 70.4. The Hall–Kier alpha value is -6.96. The van der Waals surface area contributed by atoms with Crippen molar-refractivity contribution in [1.29, 1.82) is 0 Å². The van der Waals surface area contributed by atoms with E-state index in [0.29, 0.717) is 0 Å². The molecule has 53 heavy (non-hydrogen) atoms. The van der Waals surface area contributed by atoms with E-state index in [1.165, 1.54) is 87.4 Å². The molecule has 0 saturated heterocycles. The summed E-state index contributed by atoms with van der Waals surface area (Å²) in [7, 11) is 0. The Balaban J connectivity index is 1.11. The third kappa shape index (κ3) is 4.58. The van der Waals surface area contributed by atoms with Gasteiger partial charge in [-0.3, -0.25) is 0 Å². The standard InChI is InChI=1S/C52H32O/c1-3-16-37-33(13-1)15-11-24-41(37)40-19-6-5-17-38(40)35-27-29-36(30-28-35)49-42-20-7-9-22-44(42)50(45-23-10-8-21-43(45)49)46-25-12-26-47-51-39-18-4-2-14-34(39)31-32-48(51)53-52(46)47/h1-32H. The van der Waals surface area contributed by atoms with Crippen LogP contribution in [0.2, 0.25) is 0 Å². The zero-order valence-corrected chi connectivity index (χ0v) is 28.9. The van der Waals surface area contributed by atoms with Crippen LogP contribution < -0.4 is 0 Å². The quantitative estimate of drug-likeness (QED) is 0.170. The normalized spacial score (nSPS) is 11.8. The van der Waals surface area contributed by atoms with Crippen molar-refractivity contribution in [3.8, 4) is 44.5 Å². The molecule has 11 aromatic rings. The van der Waals surface area contributed by atoms with Crippen LogP contribution in [0.15, 0.2) is 199 Å². The lowest BCUT2D eigenvalue weighted by molar-refractivity contribution is 0.670. The zero-order valence-electron chi connectivity index (χ0n) is 28.9. The lowest BCUT2D eigenvalue weighted by Crippen LogP contribution is -1.91. The second-order valence-corrected chi connectivity index (χ2v) is 13.9. The molecule has 0 N–H and O–H groups in total. The van der Waals surface area contributed by atoms with Crippen molar-refractivity contribution in [3.05, 3.63) is 194 Å². The van der Waals surface area contributed by atoms with Gasteiger partial charge in [0.15, 0.2) is 0 Å². The van der Waals surface area contributed by atoms with Gasteiger partial charge in [-0.1, -0.05) is 188 Å². The molecule has 0 spiro atoms. The van der Waals surface area contributed by atoms with Crippen LogP contribution in [0.1, 0.15) is 0 Å². The van der Waals surface area contributed by atoms with E-state index < -0.39 is 0 Å². The third-order valence-electron chi connectivity index (χ3n) is 11.1. The minimum atomic E-state index is 0.915. The van der Waals surface area contributed by atoms with E-state index in [-0.39, 0.29) is 0 Å². The first kappa shape index (κ1) is 29.7. The maximum Gasteiger partial charge on any atom is 0.143 e. The van der Waals surface area contributed by atoms with Crippen LogP contribution in [0.4, 0.5) is 0 Å². The van der Waals surface area contributed by atoms with Gasteiger partial charge in [0, 0.05) is 21.9 Å². The van der Waals surface area contributed by atoms with Gasteiger partial charge in [0.05, 0.1) is 0 Å². The molecular weight excluding hydrogens is 641 g/mol. The molecule has 0 fully saturated rings. The van der Waals surface area contributed by atoms with E-state index in [4.69, 9.17) is 4.42 Å². The number of rotatable bonds is 4. The fourth-order valence-corrected chi connectivity index (χ4v) is 8.74. The maximum atomic E-state index is 6.78. The van der Waals surface area contributed by atoms with Crippen LogP contribution in [0, 0.1) is 0 Å². The van der Waals surface area contributed by atoms with Gasteiger partial charge in [-0.15, -0.1) is 0 Å². The smallest absolute Gasteiger partial charge is 0.143 e. The minimum Gasteiger partial charge on any atom is -0.455 e. The van der Waals surface area contributed by atoms with Gasteiger partial charge in [-0.25, -0.2) is 0 Å². The molecule has 1 heterocycles. The van der Waals surface area contributed by atoms with Gasteiger partial charge >= 0.3 is 0 Å². The molecule has 0 unspecified atom stereocenters. The average Bonchev–Trinajstić information content (AvgIpc) is 3.63. The first-order valence-corrected chi connectivity index (χ1v) is 18.3. The summed E-state index contributed by atoms with van der Waals surface area (Å²) in [6.07, 6.45) is 0. The molecule has 0 aliphatic rings. The highest BCUT2D eigenvalue weighted by atomic mass is 16.3. The van der Waals surface area contributed by atoms with Crippen molar-refractivity contribution >= 4 is 65.0 Å². The first-order valence-electron chi connectivity index (χ1n) is 18.3. The van der Waals surface area contributed by atoms with Crippen LogP contribution >= 0.6 is 0 Å². The van der Waals surface area contributed by atoms with E-state index in [2.05, 4.69) is 194 Å². The number of benzene rings is 10. The Labute approximate surface area is 307 Å². The highest BCUT2D eigenvalue weighted by Crippen LogP contribution is 2.47. The molecule has 0 radical (unpaired) electrons. The van der Waals surface area contributed by atoms with Crippen LogP contribution in [0.25, 0.3) is 110 Å². The topological polar surface area (TPSA) is 13.1 Å². The Morgan fingerprint density at radius 2 is 0.736 bits per heavy atom. The molecule has 0 atom stereocenters. The number of hydrogen-bond donors (Lipinski definition) is 0. The van der Waals surface area contributed by atoms with Crippen LogP contribution in [0.3, 0.4) is 0 Å². The summed E-state index contributed by atoms with van der Waals surface area (Å²) >= 11 is 0. The molecule has 10 aromatic carbocycles. The summed E-state index contributed by atoms with van der Waals surface area (Å²) in [5.41, 5.74) is 11.5. The van der Waals surface area contributed by atoms with Gasteiger partial charge in [-0.2, -0.15) is 0 Å². The van der Waals surface area contributed by atoms with Gasteiger partial charge in [0.2, 0.25) is 0 Å². The van der Waals surface area contributed by atoms with E-state index in [1.807, 2.05) is 0 Å². The lowest BCUT2D eigenvalue weighted by atomic mass is 9.85. The van der Waals surface area contributed by atoms with E-state index in [9.17, 15) is 0 Å². The van der Waals surface area contributed by atoms with E-state index >= 15 is 0 Å². The van der Waals surface area contributed by atoms with Crippen molar-refractivity contribution in [2.24, 2.45) is 0 Å². The second-order valence-electron chi connectivity index (χ2n) is 13.9. The van der Waals surface area contributed by atoms with E-state index in [0.717, 1.165) is 22.1 Å². The van der Waals surface area contributed by atoms with Crippen molar-refractivity contribution < 1.29 is 4.42 Å². The summed E-state index contributed by atoms with van der Waals surface area (Å²) in [6.45, 7) is 0. The molecule has 0 bridgehead atoms. The van der Waals surface area contributed by atoms with Crippen molar-refractivity contribution in [3.63, 3.8) is 0 Å². The molecule has 1 nitrogen and oxygen atoms in total. The third-order valence-corrected chi connectivity index (χ3v) is 11.1. The van der Waals surface area contributed by atoms with Crippen LogP contribution in [-0.2, 0) is 0 Å². The number of hydrogen-bond acceptors (Lipinski definition) is 1. The van der Waals surface area contributed by atoms with Crippen LogP contribution in [0.5, 0.6) is 0 Å². The molecule has 11 rings (SSSR count). The zero-order chi connectivity index (χ0) is 34.9. The summed E-state index contributed by atoms with van der Waals surface area (Å²) in [4.78, 5) is 0. The lowest BCUT2D eigenvalue weighted by Gasteiger charge is -2.18. The molecular formula is C52H32O. The van der Waals surface area contributed by atoms with Crippen LogP contribution in [-0.4, -0.2) is 0 Å². The molecule has 1 heteroatoms. The Morgan fingerprint density at radius 3 is 1.45 bits per heavy atom. The van der Waals surface area contributed by atoms with Gasteiger partial charge in [0.25, 0.3) is 0 Å². The van der Waals surface area contributed by atoms with Crippen molar-refractivity contribution in [1.82, 2.24) is 0 Å². The summed E-state index contributed by atoms with van der Waals surface area (Å²) < 4.78 is 6.78. The Bertz CT molecular complexity index is 3150. The minimum absolute atomic E-state index is 0.915. The molecule has 0 aliphatic carbocycles. The largest absolute Gasteiger partial charge is 0.455 e. The summed E-state index contributed by atoms with van der Waals surface area (Å²) in [5.74, 6) is 0. The Morgan fingerprint density at radius 1 is 0.264 bits per heavy atom. The molecule has 1 aromatic heterocycles. The fourth-order valence-electron chi connectivity index (χ4n) is 8.74. The molecule has 0 amide bonds. The van der Waals surface area contributed by atoms with Gasteiger partial charge in [-0.05, 0) is 82.5 Å². The van der Waals surface area contributed by atoms with E-state index in [1.54, 1.807) is 0 Å². The average molecular weight is 673 g/mol. The first-order chi connectivity index (χ1) is 26.3. The molecule has 246 valence electrons. The van der Waals surface area contributed by atoms with Crippen molar-refractivity contribution in [2.75, 3.05) is 0 Å². The highest BCUT2D eigenvalue weighted by Gasteiger charge is 2.21. The number of furan rings is 1. The van der Waals surface area contributed by atoms with Crippen molar-refractivity contribution in [2.45, 2.75) is 0 Å². The SMILES string of the molecule is c1ccc(-c2cccc3ccccc23)c(-c2ccc(-c3c4ccccc4c(-c4cccc5c4oc4ccc6ccccc6c45)c4ccccc34)cc2)c1. The van der Waals surface area contributed by atoms with Gasteiger partial charge in [0.1, 0.15) is 11.2 Å².